The van der Waals surface area contributed by atoms with Gasteiger partial charge < -0.3 is 9.53 Å². The molecule has 3 heteroatoms. The van der Waals surface area contributed by atoms with Gasteiger partial charge in [-0.25, -0.2) is 0 Å². The van der Waals surface area contributed by atoms with E-state index >= 15 is 0 Å². The number of aryl methyl sites for hydroxylation is 1. The Balaban J connectivity index is 3.01. The lowest BCUT2D eigenvalue weighted by atomic mass is 10.1. The fourth-order valence-electron chi connectivity index (χ4n) is 1.12. The molecule has 0 bridgehead atoms. The summed E-state index contributed by atoms with van der Waals surface area (Å²) in [5, 5.41) is 0. The van der Waals surface area contributed by atoms with E-state index in [4.69, 9.17) is 4.74 Å². The average Bonchev–Trinajstić information content (AvgIpc) is 2.13. The van der Waals surface area contributed by atoms with E-state index in [2.05, 4.69) is 15.9 Å². The number of ether oxygens (including phenoxy) is 1. The van der Waals surface area contributed by atoms with Crippen LogP contribution in [0.5, 0.6) is 0 Å². The summed E-state index contributed by atoms with van der Waals surface area (Å²) in [7, 11) is 1.52. The third-order valence-electron chi connectivity index (χ3n) is 1.89. The zero-order valence-corrected chi connectivity index (χ0v) is 9.17. The van der Waals surface area contributed by atoms with Crippen LogP contribution in [-0.4, -0.2) is 13.4 Å². The molecule has 13 heavy (non-hydrogen) atoms. The zero-order valence-electron chi connectivity index (χ0n) is 7.58. The highest BCUT2D eigenvalue weighted by Crippen LogP contribution is 2.21. The SMILES string of the molecule is COC(C=O)c1ccc(Br)c(C)c1. The summed E-state index contributed by atoms with van der Waals surface area (Å²) >= 11 is 3.39. The van der Waals surface area contributed by atoms with Gasteiger partial charge in [-0.2, -0.15) is 0 Å². The van der Waals surface area contributed by atoms with E-state index in [1.807, 2.05) is 25.1 Å². The van der Waals surface area contributed by atoms with Crippen LogP contribution in [0.25, 0.3) is 0 Å². The van der Waals surface area contributed by atoms with Crippen LogP contribution in [0.1, 0.15) is 17.2 Å². The summed E-state index contributed by atoms with van der Waals surface area (Å²) in [6.07, 6.45) is 0.342. The Morgan fingerprint density at radius 2 is 2.23 bits per heavy atom. The first-order valence-electron chi connectivity index (χ1n) is 3.93. The molecule has 1 rings (SSSR count). The molecule has 0 fully saturated rings. The average molecular weight is 243 g/mol. The van der Waals surface area contributed by atoms with Gasteiger partial charge in [0, 0.05) is 11.6 Å². The van der Waals surface area contributed by atoms with Crippen molar-refractivity contribution in [3.63, 3.8) is 0 Å². The van der Waals surface area contributed by atoms with Crippen molar-refractivity contribution >= 4 is 22.2 Å². The van der Waals surface area contributed by atoms with Crippen molar-refractivity contribution in [2.45, 2.75) is 13.0 Å². The largest absolute Gasteiger partial charge is 0.369 e. The molecule has 0 spiro atoms. The lowest BCUT2D eigenvalue weighted by Gasteiger charge is -2.09. The van der Waals surface area contributed by atoms with Crippen molar-refractivity contribution in [1.29, 1.82) is 0 Å². The molecule has 1 aromatic carbocycles. The molecular weight excluding hydrogens is 232 g/mol. The quantitative estimate of drug-likeness (QED) is 0.763. The van der Waals surface area contributed by atoms with Crippen molar-refractivity contribution in [2.24, 2.45) is 0 Å². The van der Waals surface area contributed by atoms with Gasteiger partial charge in [-0.15, -0.1) is 0 Å². The van der Waals surface area contributed by atoms with Gasteiger partial charge in [-0.1, -0.05) is 28.1 Å². The minimum atomic E-state index is -0.452. The summed E-state index contributed by atoms with van der Waals surface area (Å²) < 4.78 is 6.04. The van der Waals surface area contributed by atoms with Crippen molar-refractivity contribution in [3.8, 4) is 0 Å². The Hall–Kier alpha value is -0.670. The van der Waals surface area contributed by atoms with E-state index < -0.39 is 6.10 Å². The predicted molar refractivity (Wildman–Crippen MR) is 54.7 cm³/mol. The maximum atomic E-state index is 10.6. The summed E-state index contributed by atoms with van der Waals surface area (Å²) in [4.78, 5) is 10.6. The molecular formula is C10H11BrO2. The number of rotatable bonds is 3. The highest BCUT2D eigenvalue weighted by Gasteiger charge is 2.08. The van der Waals surface area contributed by atoms with E-state index in [-0.39, 0.29) is 0 Å². The normalized spacial score (nSPS) is 12.5. The lowest BCUT2D eigenvalue weighted by molar-refractivity contribution is -0.116. The molecule has 0 aliphatic heterocycles. The van der Waals surface area contributed by atoms with Crippen LogP contribution in [0.3, 0.4) is 0 Å². The van der Waals surface area contributed by atoms with Gasteiger partial charge in [0.05, 0.1) is 0 Å². The van der Waals surface area contributed by atoms with E-state index in [1.165, 1.54) is 7.11 Å². The first kappa shape index (κ1) is 10.4. The van der Waals surface area contributed by atoms with Crippen molar-refractivity contribution < 1.29 is 9.53 Å². The van der Waals surface area contributed by atoms with E-state index in [1.54, 1.807) is 0 Å². The third-order valence-corrected chi connectivity index (χ3v) is 2.78. The van der Waals surface area contributed by atoms with E-state index in [0.717, 1.165) is 21.9 Å². The van der Waals surface area contributed by atoms with Gasteiger partial charge in [0.2, 0.25) is 0 Å². The highest BCUT2D eigenvalue weighted by molar-refractivity contribution is 9.10. The van der Waals surface area contributed by atoms with Gasteiger partial charge in [-0.3, -0.25) is 0 Å². The number of hydrogen-bond donors (Lipinski definition) is 0. The Morgan fingerprint density at radius 1 is 1.54 bits per heavy atom. The molecule has 0 amide bonds. The molecule has 0 heterocycles. The fraction of sp³-hybridized carbons (Fsp3) is 0.300. The van der Waals surface area contributed by atoms with Gasteiger partial charge >= 0.3 is 0 Å². The summed E-state index contributed by atoms with van der Waals surface area (Å²) in [6, 6.07) is 5.73. The summed E-state index contributed by atoms with van der Waals surface area (Å²) in [5.74, 6) is 0. The minimum absolute atomic E-state index is 0.452. The van der Waals surface area contributed by atoms with E-state index in [9.17, 15) is 4.79 Å². The molecule has 70 valence electrons. The molecule has 1 unspecified atom stereocenters. The molecule has 2 nitrogen and oxygen atoms in total. The molecule has 0 aliphatic rings. The Kier molecular flexibility index (Phi) is 3.63. The van der Waals surface area contributed by atoms with Crippen LogP contribution < -0.4 is 0 Å². The van der Waals surface area contributed by atoms with E-state index in [0.29, 0.717) is 0 Å². The molecule has 0 aliphatic carbocycles. The van der Waals surface area contributed by atoms with Crippen LogP contribution in [0.4, 0.5) is 0 Å². The second-order valence-electron chi connectivity index (χ2n) is 2.80. The number of carbonyl (C=O) groups excluding carboxylic acids is 1. The fourth-order valence-corrected chi connectivity index (χ4v) is 1.36. The molecule has 1 aromatic rings. The smallest absolute Gasteiger partial charge is 0.153 e. The lowest BCUT2D eigenvalue weighted by Crippen LogP contribution is -2.02. The van der Waals surface area contributed by atoms with Crippen LogP contribution in [-0.2, 0) is 9.53 Å². The highest BCUT2D eigenvalue weighted by atomic mass is 79.9. The molecule has 0 radical (unpaired) electrons. The van der Waals surface area contributed by atoms with Crippen molar-refractivity contribution in [2.75, 3.05) is 7.11 Å². The summed E-state index contributed by atoms with van der Waals surface area (Å²) in [6.45, 7) is 1.98. The molecule has 1 atom stereocenters. The maximum Gasteiger partial charge on any atom is 0.153 e. The topological polar surface area (TPSA) is 26.3 Å². The van der Waals surface area contributed by atoms with Crippen LogP contribution in [0, 0.1) is 6.92 Å². The number of methoxy groups -OCH3 is 1. The monoisotopic (exact) mass is 242 g/mol. The second-order valence-corrected chi connectivity index (χ2v) is 3.66. The Bertz CT molecular complexity index is 310. The van der Waals surface area contributed by atoms with Crippen molar-refractivity contribution in [1.82, 2.24) is 0 Å². The number of aldehydes is 1. The molecule has 0 aromatic heterocycles. The number of benzene rings is 1. The standard InChI is InChI=1S/C10H11BrO2/c1-7-5-8(3-4-9(7)11)10(6-12)13-2/h3-6,10H,1-2H3. The zero-order chi connectivity index (χ0) is 9.84. The number of carbonyl (C=O) groups is 1. The van der Waals surface area contributed by atoms with Crippen molar-refractivity contribution in [3.05, 3.63) is 33.8 Å². The van der Waals surface area contributed by atoms with Gasteiger partial charge in [-0.05, 0) is 24.1 Å². The summed E-state index contributed by atoms with van der Waals surface area (Å²) in [5.41, 5.74) is 1.99. The van der Waals surface area contributed by atoms with Crippen LogP contribution in [0.2, 0.25) is 0 Å². The first-order chi connectivity index (χ1) is 6.19. The Morgan fingerprint density at radius 3 is 2.69 bits per heavy atom. The van der Waals surface area contributed by atoms with Gasteiger partial charge in [0.25, 0.3) is 0 Å². The number of halogens is 1. The Labute approximate surface area is 86.0 Å². The van der Waals surface area contributed by atoms with Crippen LogP contribution >= 0.6 is 15.9 Å². The molecule has 0 saturated heterocycles. The maximum absolute atomic E-state index is 10.6. The molecule has 0 N–H and O–H groups in total. The second kappa shape index (κ2) is 4.53. The van der Waals surface area contributed by atoms with Gasteiger partial charge in [0.1, 0.15) is 6.10 Å². The first-order valence-corrected chi connectivity index (χ1v) is 4.72. The predicted octanol–water partition coefficient (Wildman–Crippen LogP) is 2.64. The van der Waals surface area contributed by atoms with Gasteiger partial charge in [0.15, 0.2) is 6.29 Å². The third kappa shape index (κ3) is 2.39. The van der Waals surface area contributed by atoms with Crippen LogP contribution in [0.15, 0.2) is 22.7 Å². The molecule has 0 saturated carbocycles. The minimum Gasteiger partial charge on any atom is -0.369 e. The number of hydrogen-bond acceptors (Lipinski definition) is 2.